The number of phenolic OH excluding ortho intramolecular Hbond substituents is 1. The highest BCUT2D eigenvalue weighted by Gasteiger charge is 2.72. The Bertz CT molecular complexity index is 2470. The molecule has 3 aromatic carbocycles. The lowest BCUT2D eigenvalue weighted by Crippen LogP contribution is -2.67. The van der Waals surface area contributed by atoms with Crippen molar-refractivity contribution in [2.45, 2.75) is 86.8 Å². The number of phenols is 1. The van der Waals surface area contributed by atoms with E-state index in [1.807, 2.05) is 38.1 Å². The first-order valence-corrected chi connectivity index (χ1v) is 20.4. The number of thioether (sulfide) groups is 1. The maximum Gasteiger partial charge on any atom is 0.335 e. The number of aromatic hydroxyl groups is 1. The smallest absolute Gasteiger partial charge is 0.335 e. The number of aryl methyl sites for hydroxylation is 1. The van der Waals surface area contributed by atoms with Crippen LogP contribution in [0.25, 0.3) is 11.0 Å². The zero-order chi connectivity index (χ0) is 39.5. The number of methoxy groups -OCH3 is 1. The topological polar surface area (TPSA) is 173 Å². The molecule has 14 nitrogen and oxygen atoms in total. The van der Waals surface area contributed by atoms with Crippen molar-refractivity contribution < 1.29 is 53.0 Å². The molecule has 0 aliphatic carbocycles. The molecule has 0 saturated carbocycles. The molecule has 3 fully saturated rings. The molecule has 8 aliphatic heterocycles. The molecule has 8 aliphatic rings. The van der Waals surface area contributed by atoms with E-state index in [4.69, 9.17) is 28.1 Å². The molecule has 1 aromatic heterocycles. The molecule has 0 amide bonds. The van der Waals surface area contributed by atoms with Crippen LogP contribution >= 0.6 is 11.8 Å². The number of carbonyl (C=O) groups is 2. The zero-order valence-electron chi connectivity index (χ0n) is 32.1. The Kier molecular flexibility index (Phi) is 7.37. The first-order chi connectivity index (χ1) is 27.3. The number of esters is 2. The maximum absolute atomic E-state index is 15.0. The molecular formula is C42H43N3O11S. The van der Waals surface area contributed by atoms with Gasteiger partial charge < -0.3 is 43.4 Å². The van der Waals surface area contributed by atoms with Gasteiger partial charge in [-0.1, -0.05) is 18.2 Å². The fourth-order valence-corrected chi connectivity index (χ4v) is 13.3. The molecule has 0 radical (unpaired) electrons. The molecular weight excluding hydrogens is 755 g/mol. The van der Waals surface area contributed by atoms with E-state index in [9.17, 15) is 24.9 Å². The van der Waals surface area contributed by atoms with Gasteiger partial charge in [0.2, 0.25) is 6.79 Å². The number of rotatable bonds is 3. The second-order valence-corrected chi connectivity index (χ2v) is 17.9. The highest BCUT2D eigenvalue weighted by Crippen LogP contribution is 2.71. The van der Waals surface area contributed by atoms with Crippen molar-refractivity contribution in [3.8, 4) is 28.7 Å². The van der Waals surface area contributed by atoms with Gasteiger partial charge >= 0.3 is 11.9 Å². The van der Waals surface area contributed by atoms with Gasteiger partial charge in [-0.15, -0.1) is 11.8 Å². The number of piperazine rings is 1. The van der Waals surface area contributed by atoms with Crippen molar-refractivity contribution in [1.29, 1.82) is 0 Å². The summed E-state index contributed by atoms with van der Waals surface area (Å²) >= 11 is 1.45. The number of aliphatic hydroxyl groups excluding tert-OH is 1. The molecule has 8 atom stereocenters. The van der Waals surface area contributed by atoms with E-state index < -0.39 is 58.2 Å². The Morgan fingerprint density at radius 2 is 1.89 bits per heavy atom. The number of nitrogens with zero attached hydrogens (tertiary/aromatic N) is 2. The third-order valence-electron chi connectivity index (χ3n) is 13.7. The molecule has 1 spiro atoms. The minimum absolute atomic E-state index is 0.0494. The van der Waals surface area contributed by atoms with Gasteiger partial charge in [0.25, 0.3) is 0 Å². The van der Waals surface area contributed by atoms with Gasteiger partial charge in [0.1, 0.15) is 29.4 Å². The van der Waals surface area contributed by atoms with Crippen LogP contribution in [-0.2, 0) is 31.8 Å². The Balaban J connectivity index is 1.19. The fraction of sp³-hybridized carbons (Fsp3) is 0.476. The van der Waals surface area contributed by atoms with Gasteiger partial charge in [-0.25, -0.2) is 4.79 Å². The first-order valence-electron chi connectivity index (χ1n) is 19.4. The summed E-state index contributed by atoms with van der Waals surface area (Å²) in [6, 6.07) is 7.33. The van der Waals surface area contributed by atoms with Crippen LogP contribution in [0, 0.1) is 13.8 Å². The number of benzene rings is 3. The Morgan fingerprint density at radius 1 is 1.11 bits per heavy atom. The summed E-state index contributed by atoms with van der Waals surface area (Å²) < 4.78 is 37.3. The molecule has 57 heavy (non-hydrogen) atoms. The average Bonchev–Trinajstić information content (AvgIpc) is 3.93. The third-order valence-corrected chi connectivity index (χ3v) is 15.2. The number of para-hydroxylation sites is 1. The van der Waals surface area contributed by atoms with Crippen LogP contribution in [0.5, 0.6) is 28.7 Å². The standard InChI is InChI=1S/C42H43N3O11S/c1-18-10-24-27(32(48)33(18)51-5)30-31-37-29-28(36-35(53-17-54-36)19(2)34(29)55-20(3)47)25(45(31)41(50)14-40(24,4)44(30)15-41)13-52-39(49)42(16-57-37)38-23(11-21(12-46)43-42)22-8-6-7-9-26(22)56-38/h6-10,21,25,30-31,37,43,46,48,50H,11-17H2,1-5H3/t21-,25-,30+,31?,37+,40?,41+,42+/m0/s1. The van der Waals surface area contributed by atoms with E-state index in [-0.39, 0.29) is 38.1 Å². The van der Waals surface area contributed by atoms with Gasteiger partial charge in [-0.3, -0.25) is 19.9 Å². The minimum Gasteiger partial charge on any atom is -0.504 e. The number of furan rings is 1. The lowest BCUT2D eigenvalue weighted by molar-refractivity contribution is -0.196. The predicted octanol–water partition coefficient (Wildman–Crippen LogP) is 4.25. The normalized spacial score (nSPS) is 33.2. The van der Waals surface area contributed by atoms with E-state index in [0.717, 1.165) is 27.6 Å². The second-order valence-electron chi connectivity index (χ2n) is 16.8. The number of aliphatic hydroxyl groups is 2. The monoisotopic (exact) mass is 797 g/mol. The van der Waals surface area contributed by atoms with Crippen LogP contribution in [0.1, 0.15) is 82.3 Å². The molecule has 2 unspecified atom stereocenters. The number of hydrogen-bond acceptors (Lipinski definition) is 15. The first kappa shape index (κ1) is 35.6. The predicted molar refractivity (Wildman–Crippen MR) is 205 cm³/mol. The van der Waals surface area contributed by atoms with E-state index in [1.165, 1.54) is 18.7 Å². The molecule has 3 saturated heterocycles. The van der Waals surface area contributed by atoms with Crippen molar-refractivity contribution in [3.63, 3.8) is 0 Å². The zero-order valence-corrected chi connectivity index (χ0v) is 33.0. The van der Waals surface area contributed by atoms with Crippen molar-refractivity contribution in [3.05, 3.63) is 75.0 Å². The number of nitrogens with one attached hydrogen (secondary N) is 1. The van der Waals surface area contributed by atoms with Crippen LogP contribution in [-0.4, -0.2) is 94.3 Å². The number of ether oxygens (including phenoxy) is 5. The van der Waals surface area contributed by atoms with Crippen molar-refractivity contribution in [2.24, 2.45) is 0 Å². The summed E-state index contributed by atoms with van der Waals surface area (Å²) in [6.07, 6.45) is 0.740. The van der Waals surface area contributed by atoms with Crippen LogP contribution in [0.4, 0.5) is 0 Å². The van der Waals surface area contributed by atoms with Crippen molar-refractivity contribution in [2.75, 3.05) is 39.4 Å². The largest absolute Gasteiger partial charge is 0.504 e. The minimum atomic E-state index is -1.53. The van der Waals surface area contributed by atoms with Crippen LogP contribution in [0.3, 0.4) is 0 Å². The Labute approximate surface area is 331 Å². The fourth-order valence-electron chi connectivity index (χ4n) is 11.7. The molecule has 4 N–H and O–H groups in total. The summed E-state index contributed by atoms with van der Waals surface area (Å²) in [5.41, 5.74) is 2.13. The maximum atomic E-state index is 15.0. The van der Waals surface area contributed by atoms with Gasteiger partial charge in [-0.05, 0) is 50.5 Å². The van der Waals surface area contributed by atoms with E-state index >= 15 is 0 Å². The van der Waals surface area contributed by atoms with Gasteiger partial charge in [0, 0.05) is 76.5 Å². The molecule has 298 valence electrons. The summed E-state index contributed by atoms with van der Waals surface area (Å²) in [4.78, 5) is 32.4. The molecule has 9 heterocycles. The molecule has 15 heteroatoms. The lowest BCUT2D eigenvalue weighted by atomic mass is 9.75. The SMILES string of the molecule is COc1c(C)cc2c(c1O)[C@@H]1C3[C@@H]4SC[C@]5(N[C@H](CO)Cc6c5oc5ccccc65)C(=O)OC[C@@H](c5c6c(c(C)c(OC(C)=O)c54)OCO6)N3[C@]3(O)CN1C2(C)C3. The van der Waals surface area contributed by atoms with Crippen molar-refractivity contribution in [1.82, 2.24) is 15.1 Å². The highest BCUT2D eigenvalue weighted by atomic mass is 32.2. The molecule has 4 aromatic rings. The van der Waals surface area contributed by atoms with Gasteiger partial charge in [0.05, 0.1) is 31.1 Å². The second kappa shape index (κ2) is 11.8. The number of carbonyl (C=O) groups excluding carboxylic acids is 2. The van der Waals surface area contributed by atoms with Crippen LogP contribution in [0.2, 0.25) is 0 Å². The summed E-state index contributed by atoms with van der Waals surface area (Å²) in [5, 5.41) is 39.7. The highest BCUT2D eigenvalue weighted by molar-refractivity contribution is 7.99. The Morgan fingerprint density at radius 3 is 2.67 bits per heavy atom. The van der Waals surface area contributed by atoms with Gasteiger partial charge in [-0.2, -0.15) is 0 Å². The Hall–Kier alpha value is -4.51. The van der Waals surface area contributed by atoms with Gasteiger partial charge in [0.15, 0.2) is 28.5 Å². The number of fused-ring (bicyclic) bond motifs is 11. The summed E-state index contributed by atoms with van der Waals surface area (Å²) in [6.45, 7) is 6.94. The van der Waals surface area contributed by atoms with Crippen LogP contribution in [0.15, 0.2) is 34.7 Å². The van der Waals surface area contributed by atoms with Crippen LogP contribution < -0.4 is 24.3 Å². The number of hydrogen-bond donors (Lipinski definition) is 4. The van der Waals surface area contributed by atoms with E-state index in [0.29, 0.717) is 63.9 Å². The average molecular weight is 798 g/mol. The molecule has 12 rings (SSSR count). The quantitative estimate of drug-likeness (QED) is 0.171. The lowest BCUT2D eigenvalue weighted by Gasteiger charge is -2.59. The van der Waals surface area contributed by atoms with E-state index in [1.54, 1.807) is 7.11 Å². The summed E-state index contributed by atoms with van der Waals surface area (Å²) in [7, 11) is 1.55. The molecule has 4 bridgehead atoms. The summed E-state index contributed by atoms with van der Waals surface area (Å²) in [5.74, 6) is 1.05. The van der Waals surface area contributed by atoms with Crippen molar-refractivity contribution >= 4 is 34.7 Å². The third kappa shape index (κ3) is 4.39. The van der Waals surface area contributed by atoms with E-state index in [2.05, 4.69) is 28.1 Å².